The van der Waals surface area contributed by atoms with Crippen LogP contribution in [0.3, 0.4) is 0 Å². The van der Waals surface area contributed by atoms with E-state index in [2.05, 4.69) is 10.2 Å². The Hall–Kier alpha value is -2.74. The van der Waals surface area contributed by atoms with Gasteiger partial charge >= 0.3 is 0 Å². The van der Waals surface area contributed by atoms with Gasteiger partial charge in [0.2, 0.25) is 0 Å². The van der Waals surface area contributed by atoms with E-state index in [1.807, 2.05) is 0 Å². The maximum absolute atomic E-state index is 11.2. The van der Waals surface area contributed by atoms with Crippen molar-refractivity contribution in [3.05, 3.63) is 29.8 Å². The second-order valence-electron chi connectivity index (χ2n) is 5.28. The SMILES string of the molecule is COc1cc(N=Nc2cc(S(=O)(=O)[O-])c(O)c(S(=O)(=O)[O-])c2)c(C)cc1N. The van der Waals surface area contributed by atoms with Gasteiger partial charge in [-0.15, -0.1) is 0 Å². The van der Waals surface area contributed by atoms with E-state index in [4.69, 9.17) is 10.5 Å². The third kappa shape index (κ3) is 4.51. The molecule has 11 nitrogen and oxygen atoms in total. The van der Waals surface area contributed by atoms with Crippen molar-refractivity contribution in [2.24, 2.45) is 10.2 Å². The number of rotatable bonds is 5. The van der Waals surface area contributed by atoms with Crippen LogP contribution in [0.2, 0.25) is 0 Å². The van der Waals surface area contributed by atoms with Crippen LogP contribution in [-0.4, -0.2) is 38.2 Å². The van der Waals surface area contributed by atoms with Crippen molar-refractivity contribution in [3.8, 4) is 11.5 Å². The molecule has 27 heavy (non-hydrogen) atoms. The van der Waals surface area contributed by atoms with Crippen molar-refractivity contribution >= 4 is 37.3 Å². The molecule has 0 saturated carbocycles. The largest absolute Gasteiger partial charge is 0.744 e. The molecular weight excluding hydrogens is 402 g/mol. The maximum Gasteiger partial charge on any atom is 0.150 e. The van der Waals surface area contributed by atoms with Crippen molar-refractivity contribution in [1.29, 1.82) is 0 Å². The molecule has 0 aliphatic rings. The molecule has 146 valence electrons. The smallest absolute Gasteiger partial charge is 0.150 e. The van der Waals surface area contributed by atoms with Crippen molar-refractivity contribution < 1.29 is 35.8 Å². The van der Waals surface area contributed by atoms with Crippen LogP contribution >= 0.6 is 0 Å². The van der Waals surface area contributed by atoms with Crippen molar-refractivity contribution in [3.63, 3.8) is 0 Å². The fourth-order valence-electron chi connectivity index (χ4n) is 2.10. The summed E-state index contributed by atoms with van der Waals surface area (Å²) in [6.45, 7) is 1.64. The van der Waals surface area contributed by atoms with Crippen LogP contribution in [0.5, 0.6) is 11.5 Å². The summed E-state index contributed by atoms with van der Waals surface area (Å²) >= 11 is 0. The summed E-state index contributed by atoms with van der Waals surface area (Å²) in [4.78, 5) is -2.61. The standard InChI is InChI=1S/C14H15N3O8S2/c1-7-3-9(15)11(25-2)6-10(7)17-16-8-4-12(26(19,20)21)14(18)13(5-8)27(22,23)24/h3-6,18H,15H2,1-2H3,(H,19,20,21)(H,22,23,24)/p-2. The van der Waals surface area contributed by atoms with Gasteiger partial charge in [-0.2, -0.15) is 10.2 Å². The summed E-state index contributed by atoms with van der Waals surface area (Å²) in [5, 5.41) is 17.1. The number of phenolic OH excluding ortho intramolecular Hbond substituents is 1. The van der Waals surface area contributed by atoms with E-state index < -0.39 is 41.5 Å². The number of methoxy groups -OCH3 is 1. The number of aryl methyl sites for hydroxylation is 1. The van der Waals surface area contributed by atoms with E-state index in [1.54, 1.807) is 6.92 Å². The molecule has 0 radical (unpaired) electrons. The van der Waals surface area contributed by atoms with E-state index >= 15 is 0 Å². The fourth-order valence-corrected chi connectivity index (χ4v) is 3.39. The van der Waals surface area contributed by atoms with Crippen molar-refractivity contribution in [1.82, 2.24) is 0 Å². The lowest BCUT2D eigenvalue weighted by Gasteiger charge is -2.15. The Morgan fingerprint density at radius 3 is 1.96 bits per heavy atom. The Balaban J connectivity index is 2.65. The second kappa shape index (κ2) is 7.11. The van der Waals surface area contributed by atoms with Gasteiger partial charge in [-0.05, 0) is 30.7 Å². The van der Waals surface area contributed by atoms with Gasteiger partial charge < -0.3 is 24.7 Å². The first kappa shape index (κ1) is 20.6. The Kier molecular flexibility index (Phi) is 5.42. The van der Waals surface area contributed by atoms with Gasteiger partial charge in [0.15, 0.2) is 5.75 Å². The highest BCUT2D eigenvalue weighted by Gasteiger charge is 2.19. The summed E-state index contributed by atoms with van der Waals surface area (Å²) in [7, 11) is -9.20. The summed E-state index contributed by atoms with van der Waals surface area (Å²) in [5.41, 5.74) is 6.41. The summed E-state index contributed by atoms with van der Waals surface area (Å²) < 4.78 is 72.4. The molecule has 0 saturated heterocycles. The zero-order valence-corrected chi connectivity index (χ0v) is 15.5. The molecule has 0 bridgehead atoms. The minimum Gasteiger partial charge on any atom is -0.744 e. The number of ether oxygens (including phenoxy) is 1. The van der Waals surface area contributed by atoms with Crippen LogP contribution in [0.1, 0.15) is 5.56 Å². The second-order valence-corrected chi connectivity index (χ2v) is 7.98. The maximum atomic E-state index is 11.2. The molecule has 2 aromatic rings. The molecule has 2 rings (SSSR count). The number of hydrogen-bond acceptors (Lipinski definition) is 11. The zero-order valence-electron chi connectivity index (χ0n) is 13.9. The van der Waals surface area contributed by atoms with Crippen LogP contribution in [-0.2, 0) is 20.2 Å². The summed E-state index contributed by atoms with van der Waals surface area (Å²) in [5.74, 6) is -1.19. The highest BCUT2D eigenvalue weighted by atomic mass is 32.2. The van der Waals surface area contributed by atoms with Gasteiger partial charge in [-0.25, -0.2) is 16.8 Å². The minimum absolute atomic E-state index is 0.243. The highest BCUT2D eigenvalue weighted by molar-refractivity contribution is 7.86. The molecule has 0 fully saturated rings. The molecule has 13 heteroatoms. The molecule has 0 aromatic heterocycles. The average Bonchev–Trinajstić information content (AvgIpc) is 2.53. The summed E-state index contributed by atoms with van der Waals surface area (Å²) in [6.07, 6.45) is 0. The number of nitrogen functional groups attached to an aromatic ring is 1. The number of nitrogens with two attached hydrogens (primary N) is 1. The van der Waals surface area contributed by atoms with Gasteiger partial charge in [-0.1, -0.05) is 0 Å². The average molecular weight is 415 g/mol. The first-order valence-electron chi connectivity index (χ1n) is 6.99. The molecular formula is C14H13N3O8S2-2. The van der Waals surface area contributed by atoms with Crippen LogP contribution in [0.4, 0.5) is 17.1 Å². The number of nitrogens with zero attached hydrogens (tertiary/aromatic N) is 2. The Labute approximate surface area is 154 Å². The predicted octanol–water partition coefficient (Wildman–Crippen LogP) is 1.52. The molecule has 3 N–H and O–H groups in total. The van der Waals surface area contributed by atoms with Crippen LogP contribution < -0.4 is 10.5 Å². The fraction of sp³-hybridized carbons (Fsp3) is 0.143. The third-order valence-electron chi connectivity index (χ3n) is 3.38. The third-order valence-corrected chi connectivity index (χ3v) is 5.08. The molecule has 2 aromatic carbocycles. The lowest BCUT2D eigenvalue weighted by Crippen LogP contribution is -2.04. The number of hydrogen-bond donors (Lipinski definition) is 2. The van der Waals surface area contributed by atoms with Gasteiger partial charge in [0.05, 0.1) is 34.0 Å². The number of phenols is 1. The normalized spacial score (nSPS) is 12.4. The minimum atomic E-state index is -5.29. The Morgan fingerprint density at radius 2 is 1.52 bits per heavy atom. The molecule has 0 spiro atoms. The number of azo groups is 1. The molecule has 0 unspecified atom stereocenters. The lowest BCUT2D eigenvalue weighted by molar-refractivity contribution is 0.416. The van der Waals surface area contributed by atoms with E-state index in [1.165, 1.54) is 19.2 Å². The van der Waals surface area contributed by atoms with E-state index in [-0.39, 0.29) is 11.4 Å². The van der Waals surface area contributed by atoms with Gasteiger partial charge in [-0.3, -0.25) is 0 Å². The molecule has 0 aliphatic heterocycles. The van der Waals surface area contributed by atoms with E-state index in [9.17, 15) is 31.0 Å². The topological polar surface area (TPSA) is 195 Å². The Bertz CT molecular complexity index is 1090. The van der Waals surface area contributed by atoms with Gasteiger partial charge in [0.1, 0.15) is 26.0 Å². The lowest BCUT2D eigenvalue weighted by atomic mass is 10.1. The van der Waals surface area contributed by atoms with Crippen LogP contribution in [0.15, 0.2) is 44.3 Å². The highest BCUT2D eigenvalue weighted by Crippen LogP contribution is 2.36. The first-order chi connectivity index (χ1) is 12.3. The summed E-state index contributed by atoms with van der Waals surface area (Å²) in [6, 6.07) is 4.15. The van der Waals surface area contributed by atoms with E-state index in [0.29, 0.717) is 23.4 Å². The van der Waals surface area contributed by atoms with E-state index in [0.717, 1.165) is 0 Å². The molecule has 0 aliphatic carbocycles. The number of anilines is 1. The van der Waals surface area contributed by atoms with Crippen LogP contribution in [0, 0.1) is 6.92 Å². The Morgan fingerprint density at radius 1 is 1.00 bits per heavy atom. The monoisotopic (exact) mass is 415 g/mol. The zero-order chi connectivity index (χ0) is 20.6. The number of benzene rings is 2. The van der Waals surface area contributed by atoms with Gasteiger partial charge in [0, 0.05) is 6.07 Å². The van der Waals surface area contributed by atoms with Crippen LogP contribution in [0.25, 0.3) is 0 Å². The van der Waals surface area contributed by atoms with Gasteiger partial charge in [0.25, 0.3) is 0 Å². The van der Waals surface area contributed by atoms with Crippen molar-refractivity contribution in [2.45, 2.75) is 16.7 Å². The molecule has 0 atom stereocenters. The molecule has 0 amide bonds. The number of aromatic hydroxyl groups is 1. The molecule has 0 heterocycles. The predicted molar refractivity (Wildman–Crippen MR) is 90.4 cm³/mol. The van der Waals surface area contributed by atoms with Crippen molar-refractivity contribution in [2.75, 3.05) is 12.8 Å². The first-order valence-corrected chi connectivity index (χ1v) is 9.81. The quantitative estimate of drug-likeness (QED) is 0.413.